The number of carbonyl (C=O) groups excluding carboxylic acids is 4. The first-order chi connectivity index (χ1) is 26.3. The maximum Gasteiger partial charge on any atom is 2.00 e. The van der Waals surface area contributed by atoms with Crippen LogP contribution in [0.3, 0.4) is 0 Å². The van der Waals surface area contributed by atoms with E-state index >= 15 is 0 Å². The third kappa shape index (κ3) is 19.6. The molecular formula is C40H58BaO14S2. The Morgan fingerprint density at radius 2 is 0.632 bits per heavy atom. The van der Waals surface area contributed by atoms with Gasteiger partial charge in [-0.25, -0.2) is 36.0 Å². The number of rotatable bonds is 22. The minimum absolute atomic E-state index is 0. The van der Waals surface area contributed by atoms with E-state index in [1.165, 1.54) is 12.1 Å². The summed E-state index contributed by atoms with van der Waals surface area (Å²) in [6, 6.07) is 6.15. The molecule has 14 nitrogen and oxygen atoms in total. The number of carbonyl (C=O) groups is 4. The van der Waals surface area contributed by atoms with Gasteiger partial charge < -0.3 is 28.1 Å². The van der Waals surface area contributed by atoms with Crippen LogP contribution in [0.15, 0.2) is 46.2 Å². The van der Waals surface area contributed by atoms with Crippen molar-refractivity contribution < 1.29 is 64.1 Å². The molecule has 2 aromatic carbocycles. The molecule has 0 N–H and O–H groups in total. The fraction of sp³-hybridized carbons (Fsp3) is 0.600. The van der Waals surface area contributed by atoms with Crippen LogP contribution in [0.5, 0.6) is 0 Å². The molecule has 0 aromatic heterocycles. The molecule has 0 saturated carbocycles. The Morgan fingerprint density at radius 1 is 0.439 bits per heavy atom. The van der Waals surface area contributed by atoms with Gasteiger partial charge in [0.15, 0.2) is 0 Å². The molecule has 0 amide bonds. The van der Waals surface area contributed by atoms with E-state index in [0.717, 1.165) is 49.9 Å². The number of esters is 4. The summed E-state index contributed by atoms with van der Waals surface area (Å²) in [7, 11) is -9.74. The Balaban J connectivity index is 0.00000108. The minimum atomic E-state index is -4.87. The molecule has 2 rings (SSSR count). The van der Waals surface area contributed by atoms with Crippen LogP contribution in [0.1, 0.15) is 174 Å². The first-order valence-electron chi connectivity index (χ1n) is 19.4. The molecule has 316 valence electrons. The maximum absolute atomic E-state index is 12.5. The summed E-state index contributed by atoms with van der Waals surface area (Å²) in [4.78, 5) is 48.5. The van der Waals surface area contributed by atoms with Gasteiger partial charge in [-0.1, -0.05) is 81.1 Å². The summed E-state index contributed by atoms with van der Waals surface area (Å²) < 4.78 is 90.4. The van der Waals surface area contributed by atoms with Crippen LogP contribution in [0.25, 0.3) is 0 Å². The fourth-order valence-corrected chi connectivity index (χ4v) is 6.59. The van der Waals surface area contributed by atoms with E-state index in [2.05, 4.69) is 0 Å². The van der Waals surface area contributed by atoms with Crippen molar-refractivity contribution in [2.75, 3.05) is 0 Å². The molecular weight excluding hydrogens is 906 g/mol. The Hall–Kier alpha value is -2.29. The number of benzene rings is 2. The Labute approximate surface area is 379 Å². The minimum Gasteiger partial charge on any atom is -0.744 e. The molecule has 0 aliphatic rings. The molecule has 0 aliphatic heterocycles. The van der Waals surface area contributed by atoms with Gasteiger partial charge in [0.05, 0.1) is 32.0 Å². The van der Waals surface area contributed by atoms with Gasteiger partial charge in [0.25, 0.3) is 0 Å². The predicted molar refractivity (Wildman–Crippen MR) is 212 cm³/mol. The molecule has 4 unspecified atom stereocenters. The molecule has 0 bridgehead atoms. The third-order valence-corrected chi connectivity index (χ3v) is 10.3. The van der Waals surface area contributed by atoms with E-state index in [1.54, 1.807) is 0 Å². The summed E-state index contributed by atoms with van der Waals surface area (Å²) in [5.41, 5.74) is -0.659. The quantitative estimate of drug-likeness (QED) is 0.0477. The van der Waals surface area contributed by atoms with E-state index in [0.29, 0.717) is 51.4 Å². The molecule has 2 aromatic rings. The SMILES string of the molecule is CCCC(CC)OC(=O)c1cc(C(=O)OC(CC)CCC)cc(S(=O)(=O)[O-])c1.CCCC(CC)OC(=O)c1cc(C(=O)OC(CC)CCC)cc(S(=O)(=O)[O-])c1.[Ba+2]. The Morgan fingerprint density at radius 3 is 0.772 bits per heavy atom. The third-order valence-electron chi connectivity index (χ3n) is 8.69. The average Bonchev–Trinajstić information content (AvgIpc) is 3.15. The maximum atomic E-state index is 12.5. The van der Waals surface area contributed by atoms with Gasteiger partial charge in [0.2, 0.25) is 0 Å². The van der Waals surface area contributed by atoms with Gasteiger partial charge in [0, 0.05) is 0 Å². The number of hydrogen-bond donors (Lipinski definition) is 0. The van der Waals surface area contributed by atoms with Crippen LogP contribution < -0.4 is 0 Å². The molecule has 0 aliphatic carbocycles. The monoisotopic (exact) mass is 964 g/mol. The number of hydrogen-bond acceptors (Lipinski definition) is 14. The van der Waals surface area contributed by atoms with Crippen molar-refractivity contribution in [1.29, 1.82) is 0 Å². The topological polar surface area (TPSA) is 220 Å². The first-order valence-corrected chi connectivity index (χ1v) is 22.2. The second kappa shape index (κ2) is 27.5. The number of ether oxygens (including phenoxy) is 4. The van der Waals surface area contributed by atoms with Crippen LogP contribution >= 0.6 is 0 Å². The van der Waals surface area contributed by atoms with Crippen molar-refractivity contribution in [1.82, 2.24) is 0 Å². The van der Waals surface area contributed by atoms with Crippen LogP contribution in [0.4, 0.5) is 0 Å². The van der Waals surface area contributed by atoms with Crippen molar-refractivity contribution >= 4 is 93.0 Å². The second-order valence-electron chi connectivity index (χ2n) is 13.3. The van der Waals surface area contributed by atoms with Gasteiger partial charge in [-0.15, -0.1) is 0 Å². The van der Waals surface area contributed by atoms with Gasteiger partial charge in [-0.2, -0.15) is 0 Å². The zero-order valence-corrected chi connectivity index (χ0v) is 40.6. The zero-order valence-electron chi connectivity index (χ0n) is 34.5. The van der Waals surface area contributed by atoms with Crippen LogP contribution in [0, 0.1) is 0 Å². The molecule has 0 fully saturated rings. The van der Waals surface area contributed by atoms with Crippen molar-refractivity contribution in [2.24, 2.45) is 0 Å². The molecule has 57 heavy (non-hydrogen) atoms. The molecule has 0 radical (unpaired) electrons. The van der Waals surface area contributed by atoms with Gasteiger partial charge in [-0.05, 0) is 87.8 Å². The standard InChI is InChI=1S/2C20H30O7S.Ba/c2*1-5-9-16(7-3)26-19(21)14-11-15(13-18(12-14)28(23,24)25)20(22)27-17(8-4)10-6-2;/h2*11-13,16-17H,5-10H2,1-4H3,(H,23,24,25);/q;;+2/p-2. The fourth-order valence-electron chi connectivity index (χ4n) is 5.51. The second-order valence-corrected chi connectivity index (χ2v) is 16.1. The van der Waals surface area contributed by atoms with E-state index in [4.69, 9.17) is 18.9 Å². The summed E-state index contributed by atoms with van der Waals surface area (Å²) >= 11 is 0. The molecule has 17 heteroatoms. The average molecular weight is 964 g/mol. The van der Waals surface area contributed by atoms with Crippen molar-refractivity contribution in [2.45, 2.75) is 167 Å². The van der Waals surface area contributed by atoms with Crippen molar-refractivity contribution in [3.05, 3.63) is 58.7 Å². The van der Waals surface area contributed by atoms with E-state index < -0.39 is 53.9 Å². The Kier molecular flexibility index (Phi) is 26.4. The van der Waals surface area contributed by atoms with Crippen molar-refractivity contribution in [3.8, 4) is 0 Å². The molecule has 0 spiro atoms. The largest absolute Gasteiger partial charge is 2.00 e. The molecule has 4 atom stereocenters. The predicted octanol–water partition coefficient (Wildman–Crippen LogP) is 7.74. The van der Waals surface area contributed by atoms with Crippen LogP contribution in [-0.4, -0.2) is 123 Å². The first kappa shape index (κ1) is 54.7. The summed E-state index contributed by atoms with van der Waals surface area (Å²) in [5, 5.41) is 0. The van der Waals surface area contributed by atoms with Gasteiger partial charge in [-0.3, -0.25) is 0 Å². The molecule has 0 heterocycles. The smallest absolute Gasteiger partial charge is 0.744 e. The normalized spacial score (nSPS) is 13.4. The summed E-state index contributed by atoms with van der Waals surface area (Å²) in [6.45, 7) is 15.3. The van der Waals surface area contributed by atoms with Crippen LogP contribution in [-0.2, 0) is 39.2 Å². The zero-order chi connectivity index (χ0) is 42.6. The van der Waals surface area contributed by atoms with E-state index in [-0.39, 0.29) is 95.6 Å². The van der Waals surface area contributed by atoms with E-state index in [1.807, 2.05) is 55.4 Å². The molecule has 0 saturated heterocycles. The Bertz CT molecular complexity index is 1590. The summed E-state index contributed by atoms with van der Waals surface area (Å²) in [5.74, 6) is -3.11. The summed E-state index contributed by atoms with van der Waals surface area (Å²) in [6.07, 6.45) is 6.99. The van der Waals surface area contributed by atoms with Gasteiger partial charge >= 0.3 is 72.8 Å². The van der Waals surface area contributed by atoms with Crippen molar-refractivity contribution in [3.63, 3.8) is 0 Å². The van der Waals surface area contributed by atoms with E-state index in [9.17, 15) is 45.1 Å². The van der Waals surface area contributed by atoms with Crippen LogP contribution in [0.2, 0.25) is 0 Å². The van der Waals surface area contributed by atoms with Gasteiger partial charge in [0.1, 0.15) is 44.7 Å².